The first kappa shape index (κ1) is 37.8. The molecule has 0 aliphatic heterocycles. The van der Waals surface area contributed by atoms with Gasteiger partial charge in [0, 0.05) is 28.3 Å². The highest BCUT2D eigenvalue weighted by atomic mass is 35.5. The maximum absolute atomic E-state index is 14.0. The van der Waals surface area contributed by atoms with Gasteiger partial charge in [0.05, 0.1) is 11.7 Å². The average molecular weight is 700 g/mol. The van der Waals surface area contributed by atoms with Crippen molar-refractivity contribution in [2.75, 3.05) is 11.1 Å². The van der Waals surface area contributed by atoms with Gasteiger partial charge in [-0.15, -0.1) is 0 Å². The molecule has 1 atom stereocenters. The second-order valence-corrected chi connectivity index (χ2v) is 16.6. The van der Waals surface area contributed by atoms with Crippen molar-refractivity contribution in [3.05, 3.63) is 130 Å². The van der Waals surface area contributed by atoms with Crippen LogP contribution in [0, 0.1) is 5.41 Å². The van der Waals surface area contributed by atoms with Crippen molar-refractivity contribution in [2.24, 2.45) is 5.41 Å². The van der Waals surface area contributed by atoms with Crippen LogP contribution < -0.4 is 5.32 Å². The van der Waals surface area contributed by atoms with Crippen LogP contribution in [0.4, 0.5) is 5.69 Å². The van der Waals surface area contributed by atoms with Crippen LogP contribution >= 0.6 is 11.6 Å². The molecular formula is C41H46ClNO5S. The molecule has 4 aromatic carbocycles. The monoisotopic (exact) mass is 699 g/mol. The zero-order valence-electron chi connectivity index (χ0n) is 29.1. The lowest BCUT2D eigenvalue weighted by atomic mass is 9.86. The van der Waals surface area contributed by atoms with Gasteiger partial charge in [-0.3, -0.25) is 14.1 Å². The third-order valence-corrected chi connectivity index (χ3v) is 9.34. The molecule has 0 aliphatic carbocycles. The molecule has 8 heteroatoms. The molecule has 0 heterocycles. The number of rotatable bonds is 12. The molecule has 0 bridgehead atoms. The second kappa shape index (κ2) is 15.7. The predicted octanol–water partition coefficient (Wildman–Crippen LogP) is 10.2. The molecule has 0 fully saturated rings. The molecule has 6 nitrogen and oxygen atoms in total. The van der Waals surface area contributed by atoms with Crippen LogP contribution in [0.5, 0.6) is 0 Å². The summed E-state index contributed by atoms with van der Waals surface area (Å²) in [4.78, 5) is 26.6. The molecule has 49 heavy (non-hydrogen) atoms. The van der Waals surface area contributed by atoms with Gasteiger partial charge in [-0.25, -0.2) is 0 Å². The number of benzene rings is 4. The van der Waals surface area contributed by atoms with Crippen LogP contribution in [0.2, 0.25) is 5.02 Å². The summed E-state index contributed by atoms with van der Waals surface area (Å²) in [5, 5.41) is 3.79. The summed E-state index contributed by atoms with van der Waals surface area (Å²) in [6.07, 6.45) is 4.64. The Labute approximate surface area is 296 Å². The lowest BCUT2D eigenvalue weighted by Crippen LogP contribution is -2.23. The van der Waals surface area contributed by atoms with E-state index in [4.69, 9.17) is 16.2 Å². The number of allylic oxidation sites excluding steroid dienone is 1. The van der Waals surface area contributed by atoms with Crippen molar-refractivity contribution in [2.45, 2.75) is 72.1 Å². The molecule has 1 unspecified atom stereocenters. The van der Waals surface area contributed by atoms with E-state index in [1.807, 2.05) is 72.8 Å². The van der Waals surface area contributed by atoms with E-state index < -0.39 is 21.8 Å². The van der Waals surface area contributed by atoms with Gasteiger partial charge in [0.15, 0.2) is 5.78 Å². The normalized spacial score (nSPS) is 13.0. The SMILES string of the molecule is CC(C)(C)/C=C/c1cccc(C(Cc2ccc(C(=O)CCCS(=O)(=O)O)cc2)C(=O)Nc2ccc(-c3ccc(C(C)(C)C)cc3Cl)cc2)c1. The van der Waals surface area contributed by atoms with Gasteiger partial charge in [-0.1, -0.05) is 138 Å². The van der Waals surface area contributed by atoms with E-state index >= 15 is 0 Å². The van der Waals surface area contributed by atoms with Gasteiger partial charge in [0.2, 0.25) is 5.91 Å². The highest BCUT2D eigenvalue weighted by Gasteiger charge is 2.23. The predicted molar refractivity (Wildman–Crippen MR) is 202 cm³/mol. The summed E-state index contributed by atoms with van der Waals surface area (Å²) in [7, 11) is -4.12. The Hall–Kier alpha value is -4.04. The Kier molecular flexibility index (Phi) is 12.1. The Balaban J connectivity index is 1.57. The van der Waals surface area contributed by atoms with Crippen LogP contribution in [0.15, 0.2) is 97.1 Å². The highest BCUT2D eigenvalue weighted by molar-refractivity contribution is 7.85. The van der Waals surface area contributed by atoms with Gasteiger partial charge >= 0.3 is 0 Å². The standard InChI is InChI=1S/C41H46ClNO5S/c1-40(2,3)23-22-28-9-7-10-32(25-28)36(26-29-12-14-31(15-13-29)38(44)11-8-24-49(46,47)48)39(45)43-34-19-16-30(17-20-34)35-21-18-33(27-37(35)42)41(4,5)6/h7,9-10,12-23,25,27,36H,8,11,24,26H2,1-6H3,(H,43,45)(H,46,47,48)/b23-22+. The number of hydrogen-bond acceptors (Lipinski definition) is 4. The van der Waals surface area contributed by atoms with Crippen molar-refractivity contribution in [3.63, 3.8) is 0 Å². The minimum absolute atomic E-state index is 0.00331. The summed E-state index contributed by atoms with van der Waals surface area (Å²) in [5.41, 5.74) is 6.86. The Bertz CT molecular complexity index is 1920. The lowest BCUT2D eigenvalue weighted by molar-refractivity contribution is -0.117. The van der Waals surface area contributed by atoms with Gasteiger partial charge in [0.1, 0.15) is 0 Å². The van der Waals surface area contributed by atoms with Crippen molar-refractivity contribution in [3.8, 4) is 11.1 Å². The van der Waals surface area contributed by atoms with Crippen LogP contribution in [-0.4, -0.2) is 30.4 Å². The lowest BCUT2D eigenvalue weighted by Gasteiger charge is -2.20. The molecule has 4 rings (SSSR count). The first-order chi connectivity index (χ1) is 22.9. The first-order valence-corrected chi connectivity index (χ1v) is 18.4. The topological polar surface area (TPSA) is 101 Å². The van der Waals surface area contributed by atoms with E-state index in [-0.39, 0.29) is 35.4 Å². The van der Waals surface area contributed by atoms with Crippen LogP contribution in [0.25, 0.3) is 17.2 Å². The van der Waals surface area contributed by atoms with E-state index in [9.17, 15) is 18.0 Å². The average Bonchev–Trinajstić information content (AvgIpc) is 3.02. The molecule has 0 saturated heterocycles. The van der Waals surface area contributed by atoms with Crippen molar-refractivity contribution < 1.29 is 22.6 Å². The molecule has 258 valence electrons. The number of halogens is 1. The Morgan fingerprint density at radius 1 is 0.878 bits per heavy atom. The molecule has 0 aromatic heterocycles. The number of amides is 1. The van der Waals surface area contributed by atoms with Crippen LogP contribution in [0.3, 0.4) is 0 Å². The number of nitrogens with one attached hydrogen (secondary N) is 1. The molecule has 2 N–H and O–H groups in total. The largest absolute Gasteiger partial charge is 0.326 e. The molecular weight excluding hydrogens is 654 g/mol. The smallest absolute Gasteiger partial charge is 0.264 e. The van der Waals surface area contributed by atoms with E-state index in [0.29, 0.717) is 22.7 Å². The molecule has 0 radical (unpaired) electrons. The summed E-state index contributed by atoms with van der Waals surface area (Å²) >= 11 is 6.68. The third kappa shape index (κ3) is 11.5. The summed E-state index contributed by atoms with van der Waals surface area (Å²) < 4.78 is 31.0. The number of hydrogen-bond donors (Lipinski definition) is 2. The van der Waals surface area contributed by atoms with Crippen LogP contribution in [0.1, 0.15) is 92.9 Å². The van der Waals surface area contributed by atoms with Crippen LogP contribution in [-0.2, 0) is 26.7 Å². The van der Waals surface area contributed by atoms with E-state index in [0.717, 1.165) is 33.4 Å². The van der Waals surface area contributed by atoms with Gasteiger partial charge < -0.3 is 5.32 Å². The number of anilines is 1. The molecule has 4 aromatic rings. The Morgan fingerprint density at radius 2 is 1.55 bits per heavy atom. The third-order valence-electron chi connectivity index (χ3n) is 8.23. The highest BCUT2D eigenvalue weighted by Crippen LogP contribution is 2.34. The fourth-order valence-corrected chi connectivity index (χ4v) is 6.19. The van der Waals surface area contributed by atoms with Crippen molar-refractivity contribution >= 4 is 45.2 Å². The maximum atomic E-state index is 14.0. The van der Waals surface area contributed by atoms with E-state index in [1.54, 1.807) is 12.1 Å². The summed E-state index contributed by atoms with van der Waals surface area (Å²) in [5.74, 6) is -1.36. The molecule has 0 aliphatic rings. The first-order valence-electron chi connectivity index (χ1n) is 16.5. The number of ketones is 1. The number of carbonyl (C=O) groups excluding carboxylic acids is 2. The van der Waals surface area contributed by atoms with E-state index in [2.05, 4.69) is 65.1 Å². The number of Topliss-reactive ketones (excluding diaryl/α,β-unsaturated/α-hetero) is 1. The molecule has 0 saturated carbocycles. The fourth-order valence-electron chi connectivity index (χ4n) is 5.39. The summed E-state index contributed by atoms with van der Waals surface area (Å²) in [6, 6.07) is 28.8. The Morgan fingerprint density at radius 3 is 2.14 bits per heavy atom. The molecule has 1 amide bonds. The van der Waals surface area contributed by atoms with Crippen molar-refractivity contribution in [1.29, 1.82) is 0 Å². The zero-order valence-corrected chi connectivity index (χ0v) is 30.7. The van der Waals surface area contributed by atoms with Gasteiger partial charge in [0.25, 0.3) is 10.1 Å². The minimum atomic E-state index is -4.12. The second-order valence-electron chi connectivity index (χ2n) is 14.6. The zero-order chi connectivity index (χ0) is 36.0. The maximum Gasteiger partial charge on any atom is 0.264 e. The minimum Gasteiger partial charge on any atom is -0.326 e. The number of carbonyl (C=O) groups is 2. The fraction of sp³-hybridized carbons (Fsp3) is 0.317. The quantitative estimate of drug-likeness (QED) is 0.113. The molecule has 0 spiro atoms. The van der Waals surface area contributed by atoms with Crippen molar-refractivity contribution in [1.82, 2.24) is 0 Å². The van der Waals surface area contributed by atoms with Gasteiger partial charge in [-0.05, 0) is 69.7 Å². The van der Waals surface area contributed by atoms with Gasteiger partial charge in [-0.2, -0.15) is 8.42 Å². The van der Waals surface area contributed by atoms with E-state index in [1.165, 1.54) is 0 Å². The summed E-state index contributed by atoms with van der Waals surface area (Å²) in [6.45, 7) is 12.8.